The first kappa shape index (κ1) is 26.9. The first-order chi connectivity index (χ1) is 18.9. The van der Waals surface area contributed by atoms with Gasteiger partial charge in [-0.3, -0.25) is 4.79 Å². The maximum Gasteiger partial charge on any atom is 0.331 e. The summed E-state index contributed by atoms with van der Waals surface area (Å²) in [4.78, 5) is 43.3. The molecule has 1 aliphatic heterocycles. The summed E-state index contributed by atoms with van der Waals surface area (Å²) in [5.74, 6) is -1.58. The number of anilines is 1. The average Bonchev–Trinajstić information content (AvgIpc) is 3.06. The number of benzene rings is 4. The number of hydrogen-bond acceptors (Lipinski definition) is 4. The maximum absolute atomic E-state index is 14.5. The predicted octanol–water partition coefficient (Wildman–Crippen LogP) is 6.71. The number of rotatable bonds is 7. The summed E-state index contributed by atoms with van der Waals surface area (Å²) in [5.41, 5.74) is 2.86. The predicted molar refractivity (Wildman–Crippen MR) is 159 cm³/mol. The Morgan fingerprint density at radius 3 is 2.13 bits per heavy atom. The molecular formula is C31H24ClIN2O4. The molecule has 1 amide bonds. The average molecular weight is 651 g/mol. The van der Waals surface area contributed by atoms with Crippen molar-refractivity contribution in [2.45, 2.75) is 18.1 Å². The number of amides is 1. The van der Waals surface area contributed by atoms with Crippen LogP contribution < -0.4 is 4.90 Å². The molecule has 3 unspecified atom stereocenters. The molecule has 0 saturated heterocycles. The normalized spacial score (nSPS) is 16.7. The third kappa shape index (κ3) is 5.42. The van der Waals surface area contributed by atoms with Gasteiger partial charge in [0.15, 0.2) is 6.04 Å². The van der Waals surface area contributed by atoms with Crippen LogP contribution in [0.15, 0.2) is 103 Å². The molecule has 5 rings (SSSR count). The van der Waals surface area contributed by atoms with Crippen molar-refractivity contribution in [3.05, 3.63) is 134 Å². The van der Waals surface area contributed by atoms with Gasteiger partial charge in [-0.15, -0.1) is 0 Å². The summed E-state index contributed by atoms with van der Waals surface area (Å²) in [5, 5.41) is 11.0. The van der Waals surface area contributed by atoms with Crippen molar-refractivity contribution in [3.8, 4) is 0 Å². The number of fused-ring (bicyclic) bond motifs is 1. The van der Waals surface area contributed by atoms with Gasteiger partial charge in [0.05, 0.1) is 17.3 Å². The number of carbonyl (C=O) groups excluding carboxylic acids is 2. The second kappa shape index (κ2) is 11.6. The Kier molecular flexibility index (Phi) is 7.99. The quantitative estimate of drug-likeness (QED) is 0.178. The smallest absolute Gasteiger partial charge is 0.331 e. The molecular weight excluding hydrogens is 627 g/mol. The Balaban J connectivity index is 1.76. The molecule has 3 atom stereocenters. The molecule has 39 heavy (non-hydrogen) atoms. The molecule has 8 heteroatoms. The molecule has 0 aliphatic carbocycles. The van der Waals surface area contributed by atoms with Crippen LogP contribution in [-0.4, -0.2) is 34.7 Å². The number of halogens is 2. The van der Waals surface area contributed by atoms with Gasteiger partial charge in [-0.05, 0) is 69.6 Å². The van der Waals surface area contributed by atoms with E-state index in [0.717, 1.165) is 15.4 Å². The lowest BCUT2D eigenvalue weighted by atomic mass is 9.97. The van der Waals surface area contributed by atoms with Gasteiger partial charge in [-0.2, -0.15) is 0 Å². The van der Waals surface area contributed by atoms with E-state index in [-0.39, 0.29) is 6.54 Å². The third-order valence-electron chi connectivity index (χ3n) is 6.93. The summed E-state index contributed by atoms with van der Waals surface area (Å²) in [6, 6.07) is 27.9. The van der Waals surface area contributed by atoms with E-state index in [0.29, 0.717) is 27.4 Å². The molecule has 196 valence electrons. The van der Waals surface area contributed by atoms with Crippen LogP contribution in [-0.2, 0) is 9.59 Å². The molecule has 0 radical (unpaired) electrons. The number of nitrogens with zero attached hydrogens (tertiary/aromatic N) is 2. The highest BCUT2D eigenvalue weighted by atomic mass is 127. The van der Waals surface area contributed by atoms with E-state index >= 15 is 0 Å². The number of carbonyl (C=O) groups is 3. The fraction of sp³-hybridized carbons (Fsp3) is 0.129. The standard InChI is InChI=1S/C31H24ClIN2O4/c32-23-13-11-21(12-14-23)27-18-34(28(19-36)20-7-3-1-4-8-20)26-16-15-24(33)17-25(26)30(37)35(27)29(31(38)39)22-9-5-2-6-10-22/h1-17,19,27-29H,18H2,(H,38,39). The SMILES string of the molecule is O=CC(c1ccccc1)N1CC(c2ccc(Cl)cc2)N(C(C(=O)O)c2ccccc2)C(=O)c2cc(I)ccc21. The Morgan fingerprint density at radius 1 is 0.923 bits per heavy atom. The Morgan fingerprint density at radius 2 is 1.54 bits per heavy atom. The van der Waals surface area contributed by atoms with Gasteiger partial charge in [0.2, 0.25) is 0 Å². The lowest BCUT2D eigenvalue weighted by Gasteiger charge is -2.38. The van der Waals surface area contributed by atoms with E-state index in [2.05, 4.69) is 22.6 Å². The van der Waals surface area contributed by atoms with Gasteiger partial charge >= 0.3 is 5.97 Å². The zero-order valence-corrected chi connectivity index (χ0v) is 23.6. The zero-order valence-electron chi connectivity index (χ0n) is 20.7. The second-order valence-electron chi connectivity index (χ2n) is 9.24. The molecule has 0 bridgehead atoms. The van der Waals surface area contributed by atoms with Gasteiger partial charge in [-0.1, -0.05) is 84.4 Å². The van der Waals surface area contributed by atoms with Crippen LogP contribution in [0.5, 0.6) is 0 Å². The second-order valence-corrected chi connectivity index (χ2v) is 10.9. The number of carboxylic acid groups (broad SMARTS) is 1. The van der Waals surface area contributed by atoms with Crippen molar-refractivity contribution >= 4 is 58.0 Å². The monoisotopic (exact) mass is 650 g/mol. The molecule has 1 N–H and O–H groups in total. The molecule has 1 heterocycles. The molecule has 4 aromatic carbocycles. The van der Waals surface area contributed by atoms with Gasteiger partial charge in [0.25, 0.3) is 5.91 Å². The lowest BCUT2D eigenvalue weighted by molar-refractivity contribution is -0.143. The van der Waals surface area contributed by atoms with Crippen LogP contribution >= 0.6 is 34.2 Å². The minimum absolute atomic E-state index is 0.176. The van der Waals surface area contributed by atoms with Crippen molar-refractivity contribution in [3.63, 3.8) is 0 Å². The van der Waals surface area contributed by atoms with Crippen molar-refractivity contribution in [2.24, 2.45) is 0 Å². The molecule has 1 aliphatic rings. The van der Waals surface area contributed by atoms with E-state index in [1.54, 1.807) is 60.7 Å². The van der Waals surface area contributed by atoms with Gasteiger partial charge in [0, 0.05) is 15.1 Å². The highest BCUT2D eigenvalue weighted by Crippen LogP contribution is 2.42. The largest absolute Gasteiger partial charge is 0.479 e. The number of aliphatic carboxylic acids is 1. The maximum atomic E-state index is 14.5. The fourth-order valence-corrected chi connectivity index (χ4v) is 5.75. The van der Waals surface area contributed by atoms with Gasteiger partial charge in [-0.25, -0.2) is 4.79 Å². The molecule has 0 fully saturated rings. The summed E-state index contributed by atoms with van der Waals surface area (Å²) < 4.78 is 0.818. The molecule has 0 saturated carbocycles. The number of aldehydes is 1. The Labute approximate surface area is 245 Å². The molecule has 0 aromatic heterocycles. The fourth-order valence-electron chi connectivity index (χ4n) is 5.13. The van der Waals surface area contributed by atoms with E-state index in [1.165, 1.54) is 4.90 Å². The molecule has 0 spiro atoms. The highest BCUT2D eigenvalue weighted by Gasteiger charge is 2.43. The van der Waals surface area contributed by atoms with Gasteiger partial charge < -0.3 is 19.7 Å². The minimum atomic E-state index is -1.27. The van der Waals surface area contributed by atoms with Crippen molar-refractivity contribution in [2.75, 3.05) is 11.4 Å². The van der Waals surface area contributed by atoms with Crippen LogP contribution in [0.25, 0.3) is 0 Å². The molecule has 6 nitrogen and oxygen atoms in total. The highest BCUT2D eigenvalue weighted by molar-refractivity contribution is 14.1. The minimum Gasteiger partial charge on any atom is -0.479 e. The zero-order chi connectivity index (χ0) is 27.5. The summed E-state index contributed by atoms with van der Waals surface area (Å²) in [6.07, 6.45) is 0.863. The van der Waals surface area contributed by atoms with E-state index in [9.17, 15) is 19.5 Å². The topological polar surface area (TPSA) is 77.9 Å². The van der Waals surface area contributed by atoms with Gasteiger partial charge in [0.1, 0.15) is 12.3 Å². The van der Waals surface area contributed by atoms with E-state index in [4.69, 9.17) is 11.6 Å². The number of hydrogen-bond donors (Lipinski definition) is 1. The molecule has 4 aromatic rings. The van der Waals surface area contributed by atoms with E-state index < -0.39 is 30.0 Å². The Bertz CT molecular complexity index is 1500. The summed E-state index contributed by atoms with van der Waals surface area (Å²) in [6.45, 7) is 0.176. The summed E-state index contributed by atoms with van der Waals surface area (Å²) in [7, 11) is 0. The summed E-state index contributed by atoms with van der Waals surface area (Å²) >= 11 is 8.33. The van der Waals surface area contributed by atoms with Crippen molar-refractivity contribution < 1.29 is 19.5 Å². The van der Waals surface area contributed by atoms with Crippen molar-refractivity contribution in [1.82, 2.24) is 4.90 Å². The number of carboxylic acids is 1. The van der Waals surface area contributed by atoms with Crippen LogP contribution in [0, 0.1) is 3.57 Å². The first-order valence-corrected chi connectivity index (χ1v) is 13.8. The van der Waals surface area contributed by atoms with E-state index in [1.807, 2.05) is 47.4 Å². The first-order valence-electron chi connectivity index (χ1n) is 12.3. The van der Waals surface area contributed by atoms with Crippen LogP contribution in [0.2, 0.25) is 5.02 Å². The third-order valence-corrected chi connectivity index (χ3v) is 7.85. The van der Waals surface area contributed by atoms with Crippen LogP contribution in [0.4, 0.5) is 5.69 Å². The van der Waals surface area contributed by atoms with Crippen LogP contribution in [0.3, 0.4) is 0 Å². The van der Waals surface area contributed by atoms with Crippen molar-refractivity contribution in [1.29, 1.82) is 0 Å². The van der Waals surface area contributed by atoms with Crippen LogP contribution in [0.1, 0.15) is 45.2 Å². The lowest BCUT2D eigenvalue weighted by Crippen LogP contribution is -2.44. The Hall–Kier alpha value is -3.69.